The normalized spacial score (nSPS) is 11.3. The molecule has 3 heterocycles. The Morgan fingerprint density at radius 1 is 1.36 bits per heavy atom. The van der Waals surface area contributed by atoms with Gasteiger partial charge in [-0.25, -0.2) is 4.98 Å². The lowest BCUT2D eigenvalue weighted by molar-refractivity contribution is -0.125. The zero-order valence-electron chi connectivity index (χ0n) is 11.8. The summed E-state index contributed by atoms with van der Waals surface area (Å²) < 4.78 is 0.607. The highest BCUT2D eigenvalue weighted by Gasteiger charge is 2.10. The number of likely N-dealkylation sites (N-methyl/N-ethyl adjacent to an activating group) is 1. The van der Waals surface area contributed by atoms with Gasteiger partial charge in [0.15, 0.2) is 0 Å². The summed E-state index contributed by atoms with van der Waals surface area (Å²) in [6.07, 6.45) is 3.30. The molecule has 5 nitrogen and oxygen atoms in total. The van der Waals surface area contributed by atoms with E-state index in [9.17, 15) is 9.59 Å². The predicted octanol–water partition coefficient (Wildman–Crippen LogP) is 2.72. The van der Waals surface area contributed by atoms with Gasteiger partial charge < -0.3 is 9.88 Å². The van der Waals surface area contributed by atoms with Crippen molar-refractivity contribution in [3.8, 4) is 0 Å². The molecule has 0 unspecified atom stereocenters. The number of rotatable bonds is 4. The molecule has 1 N–H and O–H groups in total. The van der Waals surface area contributed by atoms with E-state index in [-0.39, 0.29) is 18.0 Å². The predicted molar refractivity (Wildman–Crippen MR) is 90.1 cm³/mol. The number of thiophene rings is 2. The second-order valence-electron chi connectivity index (χ2n) is 4.69. The van der Waals surface area contributed by atoms with E-state index in [1.54, 1.807) is 30.5 Å². The van der Waals surface area contributed by atoms with Gasteiger partial charge in [-0.05, 0) is 29.0 Å². The molecule has 0 aromatic carbocycles. The number of amides is 1. The summed E-state index contributed by atoms with van der Waals surface area (Å²) in [7, 11) is 1.68. The van der Waals surface area contributed by atoms with Gasteiger partial charge in [-0.2, -0.15) is 0 Å². The lowest BCUT2D eigenvalue weighted by Gasteiger charge is -2.14. The minimum atomic E-state index is -0.162. The largest absolute Gasteiger partial charge is 0.335 e. The SMILES string of the molecule is CN(Cc1nc2ccsc2c(=O)[nH]1)C(=O)C=Cc1cccs1. The number of hydrogen-bond donors (Lipinski definition) is 1. The fourth-order valence-corrected chi connectivity index (χ4v) is 3.31. The summed E-state index contributed by atoms with van der Waals surface area (Å²) in [5.41, 5.74) is 0.503. The third-order valence-electron chi connectivity index (χ3n) is 3.06. The van der Waals surface area contributed by atoms with Crippen LogP contribution in [0.5, 0.6) is 0 Å². The van der Waals surface area contributed by atoms with Crippen LogP contribution in [0.25, 0.3) is 16.3 Å². The van der Waals surface area contributed by atoms with Gasteiger partial charge in [-0.3, -0.25) is 9.59 Å². The first-order chi connectivity index (χ1) is 10.6. The summed E-state index contributed by atoms with van der Waals surface area (Å²) in [5.74, 6) is 0.345. The third-order valence-corrected chi connectivity index (χ3v) is 4.80. The van der Waals surface area contributed by atoms with Crippen LogP contribution in [0.4, 0.5) is 0 Å². The molecule has 0 radical (unpaired) electrons. The van der Waals surface area contributed by atoms with Crippen LogP contribution in [0.2, 0.25) is 0 Å². The molecule has 0 spiro atoms. The maximum absolute atomic E-state index is 12.1. The van der Waals surface area contributed by atoms with Crippen molar-refractivity contribution in [1.82, 2.24) is 14.9 Å². The minimum absolute atomic E-state index is 0.138. The Kier molecular flexibility index (Phi) is 4.17. The molecule has 0 bridgehead atoms. The van der Waals surface area contributed by atoms with Crippen LogP contribution in [0.1, 0.15) is 10.7 Å². The van der Waals surface area contributed by atoms with Crippen molar-refractivity contribution in [3.63, 3.8) is 0 Å². The molecule has 1 amide bonds. The van der Waals surface area contributed by atoms with Crippen LogP contribution in [0.3, 0.4) is 0 Å². The fourth-order valence-electron chi connectivity index (χ4n) is 1.97. The molecule has 0 saturated carbocycles. The van der Waals surface area contributed by atoms with Crippen molar-refractivity contribution < 1.29 is 4.79 Å². The summed E-state index contributed by atoms with van der Waals surface area (Å²) in [4.78, 5) is 33.6. The van der Waals surface area contributed by atoms with Gasteiger partial charge in [0.25, 0.3) is 5.56 Å². The molecule has 3 aromatic rings. The monoisotopic (exact) mass is 331 g/mol. The van der Waals surface area contributed by atoms with E-state index in [0.717, 1.165) is 4.88 Å². The third kappa shape index (κ3) is 3.15. The number of hydrogen-bond acceptors (Lipinski definition) is 5. The van der Waals surface area contributed by atoms with Crippen LogP contribution in [0, 0.1) is 0 Å². The van der Waals surface area contributed by atoms with E-state index in [2.05, 4.69) is 9.97 Å². The van der Waals surface area contributed by atoms with Gasteiger partial charge >= 0.3 is 0 Å². The second kappa shape index (κ2) is 6.25. The van der Waals surface area contributed by atoms with Gasteiger partial charge in [0.2, 0.25) is 5.91 Å². The van der Waals surface area contributed by atoms with Crippen molar-refractivity contribution in [2.45, 2.75) is 6.54 Å². The second-order valence-corrected chi connectivity index (χ2v) is 6.59. The van der Waals surface area contributed by atoms with Gasteiger partial charge in [0.1, 0.15) is 10.5 Å². The van der Waals surface area contributed by atoms with Gasteiger partial charge in [0, 0.05) is 18.0 Å². The smallest absolute Gasteiger partial charge is 0.268 e. The minimum Gasteiger partial charge on any atom is -0.335 e. The molecule has 3 aromatic heterocycles. The summed E-state index contributed by atoms with van der Waals surface area (Å²) >= 11 is 2.93. The molecule has 0 aliphatic heterocycles. The Morgan fingerprint density at radius 2 is 2.23 bits per heavy atom. The first-order valence-electron chi connectivity index (χ1n) is 6.56. The number of aromatic nitrogens is 2. The van der Waals surface area contributed by atoms with Crippen molar-refractivity contribution in [1.29, 1.82) is 0 Å². The molecule has 0 aliphatic carbocycles. The van der Waals surface area contributed by atoms with Crippen LogP contribution < -0.4 is 5.56 Å². The summed E-state index contributed by atoms with van der Waals surface area (Å²) in [6.45, 7) is 0.259. The standard InChI is InChI=1S/C15H13N3O2S2/c1-18(13(19)5-4-10-3-2-7-21-10)9-12-16-11-6-8-22-14(11)15(20)17-12/h2-8H,9H2,1H3,(H,16,17,20). The van der Waals surface area contributed by atoms with Crippen molar-refractivity contribution in [2.75, 3.05) is 7.05 Å². The molecule has 0 aliphatic rings. The first kappa shape index (κ1) is 14.7. The number of carbonyl (C=O) groups excluding carboxylic acids is 1. The Balaban J connectivity index is 1.73. The number of aromatic amines is 1. The van der Waals surface area contributed by atoms with E-state index in [0.29, 0.717) is 16.0 Å². The van der Waals surface area contributed by atoms with E-state index in [4.69, 9.17) is 0 Å². The average molecular weight is 331 g/mol. The van der Waals surface area contributed by atoms with Crippen molar-refractivity contribution >= 4 is 44.9 Å². The summed E-state index contributed by atoms with van der Waals surface area (Å²) in [5, 5.41) is 3.79. The number of nitrogens with one attached hydrogen (secondary N) is 1. The molecular weight excluding hydrogens is 318 g/mol. The number of nitrogens with zero attached hydrogens (tertiary/aromatic N) is 2. The molecule has 0 saturated heterocycles. The van der Waals surface area contributed by atoms with Crippen LogP contribution in [-0.2, 0) is 11.3 Å². The molecular formula is C15H13N3O2S2. The Hall–Kier alpha value is -2.25. The fraction of sp³-hybridized carbons (Fsp3) is 0.133. The van der Waals surface area contributed by atoms with Gasteiger partial charge in [-0.1, -0.05) is 6.07 Å². The molecule has 22 heavy (non-hydrogen) atoms. The topological polar surface area (TPSA) is 66.1 Å². The summed E-state index contributed by atoms with van der Waals surface area (Å²) in [6, 6.07) is 5.68. The number of carbonyl (C=O) groups is 1. The van der Waals surface area contributed by atoms with Gasteiger partial charge in [-0.15, -0.1) is 22.7 Å². The van der Waals surface area contributed by atoms with Crippen LogP contribution in [-0.4, -0.2) is 27.8 Å². The van der Waals surface area contributed by atoms with E-state index < -0.39 is 0 Å². The van der Waals surface area contributed by atoms with E-state index in [1.807, 2.05) is 22.9 Å². The maximum Gasteiger partial charge on any atom is 0.268 e. The number of fused-ring (bicyclic) bond motifs is 1. The maximum atomic E-state index is 12.1. The van der Waals surface area contributed by atoms with E-state index >= 15 is 0 Å². The average Bonchev–Trinajstić information content (AvgIpc) is 3.15. The lowest BCUT2D eigenvalue weighted by Crippen LogP contribution is -2.26. The Bertz CT molecular complexity index is 878. The Labute approximate surface area is 134 Å². The molecule has 3 rings (SSSR count). The quantitative estimate of drug-likeness (QED) is 0.748. The Morgan fingerprint density at radius 3 is 3.00 bits per heavy atom. The molecule has 7 heteroatoms. The zero-order chi connectivity index (χ0) is 15.5. The first-order valence-corrected chi connectivity index (χ1v) is 8.32. The molecule has 0 fully saturated rings. The number of H-pyrrole nitrogens is 1. The van der Waals surface area contributed by atoms with Gasteiger partial charge in [0.05, 0.1) is 12.1 Å². The molecule has 112 valence electrons. The highest BCUT2D eigenvalue weighted by Crippen LogP contribution is 2.14. The van der Waals surface area contributed by atoms with Crippen molar-refractivity contribution in [3.05, 3.63) is 56.1 Å². The van der Waals surface area contributed by atoms with Crippen LogP contribution in [0.15, 0.2) is 39.8 Å². The van der Waals surface area contributed by atoms with E-state index in [1.165, 1.54) is 22.3 Å². The van der Waals surface area contributed by atoms with Crippen molar-refractivity contribution in [2.24, 2.45) is 0 Å². The van der Waals surface area contributed by atoms with Crippen LogP contribution >= 0.6 is 22.7 Å². The zero-order valence-corrected chi connectivity index (χ0v) is 13.4. The highest BCUT2D eigenvalue weighted by molar-refractivity contribution is 7.17. The molecule has 0 atom stereocenters. The lowest BCUT2D eigenvalue weighted by atomic mass is 10.3. The highest BCUT2D eigenvalue weighted by atomic mass is 32.1.